The van der Waals surface area contributed by atoms with E-state index in [9.17, 15) is 9.59 Å². The Hall–Kier alpha value is -3.06. The summed E-state index contributed by atoms with van der Waals surface area (Å²) in [5.41, 5.74) is 1.42. The first-order valence-electron chi connectivity index (χ1n) is 10.2. The summed E-state index contributed by atoms with van der Waals surface area (Å²) in [6, 6.07) is 14.6. The van der Waals surface area contributed by atoms with Gasteiger partial charge in [0.05, 0.1) is 19.3 Å². The van der Waals surface area contributed by atoms with Gasteiger partial charge in [0.1, 0.15) is 18.1 Å². The van der Waals surface area contributed by atoms with Gasteiger partial charge in [-0.3, -0.25) is 9.59 Å². The van der Waals surface area contributed by atoms with Crippen LogP contribution in [0, 0.1) is 0 Å². The van der Waals surface area contributed by atoms with Gasteiger partial charge in [-0.2, -0.15) is 0 Å². The fourth-order valence-corrected chi connectivity index (χ4v) is 3.64. The summed E-state index contributed by atoms with van der Waals surface area (Å²) >= 11 is 0. The molecule has 1 fully saturated rings. The quantitative estimate of drug-likeness (QED) is 0.774. The van der Waals surface area contributed by atoms with Crippen molar-refractivity contribution >= 4 is 11.8 Å². The zero-order valence-corrected chi connectivity index (χ0v) is 17.1. The van der Waals surface area contributed by atoms with Gasteiger partial charge in [-0.25, -0.2) is 0 Å². The molecule has 2 aromatic carbocycles. The maximum Gasteiger partial charge on any atom is 0.261 e. The van der Waals surface area contributed by atoms with Crippen molar-refractivity contribution in [2.75, 3.05) is 39.5 Å². The highest BCUT2D eigenvalue weighted by molar-refractivity contribution is 5.94. The zero-order valence-electron chi connectivity index (χ0n) is 17.1. The molecule has 0 spiro atoms. The minimum atomic E-state index is -0.118. The number of ether oxygens (including phenoxy) is 3. The van der Waals surface area contributed by atoms with E-state index >= 15 is 0 Å². The normalized spacial score (nSPS) is 18.8. The van der Waals surface area contributed by atoms with E-state index in [-0.39, 0.29) is 24.5 Å². The molecule has 2 amide bonds. The number of para-hydroxylation sites is 1. The lowest BCUT2D eigenvalue weighted by Crippen LogP contribution is -2.42. The van der Waals surface area contributed by atoms with Crippen LogP contribution >= 0.6 is 0 Å². The Morgan fingerprint density at radius 2 is 1.87 bits per heavy atom. The van der Waals surface area contributed by atoms with E-state index in [1.807, 2.05) is 49.4 Å². The first-order valence-corrected chi connectivity index (χ1v) is 10.2. The van der Waals surface area contributed by atoms with Crippen LogP contribution < -0.4 is 9.47 Å². The number of carbonyl (C=O) groups excluding carboxylic acids is 2. The molecule has 2 heterocycles. The van der Waals surface area contributed by atoms with Crippen LogP contribution in [0.25, 0.3) is 0 Å². The standard InChI is InChI=1S/C23H26N2O5/c1-17-15-30-21-8-7-18(23(27)24-9-11-28-12-10-24)13-19(21)14-25(17)22(26)16-29-20-5-3-2-4-6-20/h2-8,13,17H,9-12,14-16H2,1H3/t17-/m0/s1. The van der Waals surface area contributed by atoms with Gasteiger partial charge in [-0.15, -0.1) is 0 Å². The number of hydrogen-bond donors (Lipinski definition) is 0. The van der Waals surface area contributed by atoms with Crippen LogP contribution in [0.1, 0.15) is 22.8 Å². The van der Waals surface area contributed by atoms with Gasteiger partial charge in [0, 0.05) is 30.8 Å². The van der Waals surface area contributed by atoms with Crippen LogP contribution in [-0.2, 0) is 16.1 Å². The number of hydrogen-bond acceptors (Lipinski definition) is 5. The van der Waals surface area contributed by atoms with Crippen LogP contribution in [-0.4, -0.2) is 67.2 Å². The van der Waals surface area contributed by atoms with E-state index < -0.39 is 0 Å². The van der Waals surface area contributed by atoms with E-state index in [2.05, 4.69) is 0 Å². The molecule has 30 heavy (non-hydrogen) atoms. The van der Waals surface area contributed by atoms with Gasteiger partial charge >= 0.3 is 0 Å². The summed E-state index contributed by atoms with van der Waals surface area (Å²) in [6.07, 6.45) is 0. The molecule has 2 aromatic rings. The van der Waals surface area contributed by atoms with E-state index in [0.717, 1.165) is 5.56 Å². The maximum atomic E-state index is 12.9. The van der Waals surface area contributed by atoms with Gasteiger partial charge in [0.25, 0.3) is 11.8 Å². The number of rotatable bonds is 4. The molecule has 2 aliphatic heterocycles. The van der Waals surface area contributed by atoms with Gasteiger partial charge in [-0.05, 0) is 37.3 Å². The van der Waals surface area contributed by atoms with Crippen molar-refractivity contribution in [1.82, 2.24) is 9.80 Å². The number of carbonyl (C=O) groups is 2. The lowest BCUT2D eigenvalue weighted by Gasteiger charge is -2.27. The van der Waals surface area contributed by atoms with E-state index in [1.54, 1.807) is 15.9 Å². The molecule has 0 unspecified atom stereocenters. The lowest BCUT2D eigenvalue weighted by atomic mass is 10.1. The third kappa shape index (κ3) is 4.57. The van der Waals surface area contributed by atoms with Crippen LogP contribution in [0.15, 0.2) is 48.5 Å². The SMILES string of the molecule is C[C@H]1COc2ccc(C(=O)N3CCOCC3)cc2CN1C(=O)COc1ccccc1. The predicted octanol–water partition coefficient (Wildman–Crippen LogP) is 2.35. The van der Waals surface area contributed by atoms with Crippen LogP contribution in [0.2, 0.25) is 0 Å². The van der Waals surface area contributed by atoms with Crippen molar-refractivity contribution in [2.45, 2.75) is 19.5 Å². The van der Waals surface area contributed by atoms with E-state index in [4.69, 9.17) is 14.2 Å². The molecular formula is C23H26N2O5. The summed E-state index contributed by atoms with van der Waals surface area (Å²) in [6.45, 7) is 4.96. The molecule has 0 aliphatic carbocycles. The molecule has 1 saturated heterocycles. The molecule has 4 rings (SSSR count). The summed E-state index contributed by atoms with van der Waals surface area (Å²) < 4.78 is 16.9. The van der Waals surface area contributed by atoms with Gasteiger partial charge in [0.2, 0.25) is 0 Å². The summed E-state index contributed by atoms with van der Waals surface area (Å²) in [5, 5.41) is 0. The number of fused-ring (bicyclic) bond motifs is 1. The van der Waals surface area contributed by atoms with Crippen LogP contribution in [0.3, 0.4) is 0 Å². The maximum absolute atomic E-state index is 12.9. The Kier molecular flexibility index (Phi) is 6.18. The fourth-order valence-electron chi connectivity index (χ4n) is 3.64. The third-order valence-corrected chi connectivity index (χ3v) is 5.38. The molecule has 0 bridgehead atoms. The van der Waals surface area contributed by atoms with Gasteiger partial charge in [0.15, 0.2) is 6.61 Å². The lowest BCUT2D eigenvalue weighted by molar-refractivity contribution is -0.136. The average Bonchev–Trinajstić information content (AvgIpc) is 2.96. The Morgan fingerprint density at radius 1 is 1.10 bits per heavy atom. The molecule has 0 N–H and O–H groups in total. The first-order chi connectivity index (χ1) is 14.6. The van der Waals surface area contributed by atoms with Gasteiger partial charge < -0.3 is 24.0 Å². The molecule has 0 radical (unpaired) electrons. The average molecular weight is 410 g/mol. The zero-order chi connectivity index (χ0) is 20.9. The molecule has 158 valence electrons. The largest absolute Gasteiger partial charge is 0.491 e. The van der Waals surface area contributed by atoms with Crippen molar-refractivity contribution in [3.05, 3.63) is 59.7 Å². The number of nitrogens with zero attached hydrogens (tertiary/aromatic N) is 2. The van der Waals surface area contributed by atoms with Crippen molar-refractivity contribution in [1.29, 1.82) is 0 Å². The second kappa shape index (κ2) is 9.17. The van der Waals surface area contributed by atoms with Crippen LogP contribution in [0.5, 0.6) is 11.5 Å². The topological polar surface area (TPSA) is 68.3 Å². The number of amides is 2. The summed E-state index contributed by atoms with van der Waals surface area (Å²) in [5.74, 6) is 1.22. The Bertz CT molecular complexity index is 896. The molecule has 7 nitrogen and oxygen atoms in total. The number of morpholine rings is 1. The van der Waals surface area contributed by atoms with Gasteiger partial charge in [-0.1, -0.05) is 18.2 Å². The van der Waals surface area contributed by atoms with Crippen molar-refractivity contribution < 1.29 is 23.8 Å². The molecule has 0 saturated carbocycles. The molecule has 0 aromatic heterocycles. The minimum absolute atomic E-state index is 0.0244. The number of benzene rings is 2. The Morgan fingerprint density at radius 3 is 2.63 bits per heavy atom. The molecule has 1 atom stereocenters. The highest BCUT2D eigenvalue weighted by atomic mass is 16.5. The minimum Gasteiger partial charge on any atom is -0.491 e. The Labute approximate surface area is 176 Å². The first kappa shape index (κ1) is 20.2. The second-order valence-electron chi connectivity index (χ2n) is 7.51. The Balaban J connectivity index is 1.48. The second-order valence-corrected chi connectivity index (χ2v) is 7.51. The summed E-state index contributed by atoms with van der Waals surface area (Å²) in [4.78, 5) is 29.2. The molecule has 7 heteroatoms. The highest BCUT2D eigenvalue weighted by Crippen LogP contribution is 2.27. The fraction of sp³-hybridized carbons (Fsp3) is 0.391. The molecular weight excluding hydrogens is 384 g/mol. The monoisotopic (exact) mass is 410 g/mol. The predicted molar refractivity (Wildman–Crippen MR) is 111 cm³/mol. The molecule has 2 aliphatic rings. The highest BCUT2D eigenvalue weighted by Gasteiger charge is 2.27. The van der Waals surface area contributed by atoms with Crippen LogP contribution in [0.4, 0.5) is 0 Å². The van der Waals surface area contributed by atoms with E-state index in [1.165, 1.54) is 0 Å². The smallest absolute Gasteiger partial charge is 0.261 e. The van der Waals surface area contributed by atoms with Crippen molar-refractivity contribution in [2.24, 2.45) is 0 Å². The van der Waals surface area contributed by atoms with Crippen molar-refractivity contribution in [3.63, 3.8) is 0 Å². The third-order valence-electron chi connectivity index (χ3n) is 5.38. The van der Waals surface area contributed by atoms with E-state index in [0.29, 0.717) is 56.5 Å². The van der Waals surface area contributed by atoms with Crippen molar-refractivity contribution in [3.8, 4) is 11.5 Å². The summed E-state index contributed by atoms with van der Waals surface area (Å²) in [7, 11) is 0.